The van der Waals surface area contributed by atoms with E-state index in [2.05, 4.69) is 6.92 Å². The maximum absolute atomic E-state index is 11.5. The van der Waals surface area contributed by atoms with Crippen LogP contribution in [0.5, 0.6) is 0 Å². The number of rotatable bonds is 9. The molecule has 0 saturated carbocycles. The van der Waals surface area contributed by atoms with Crippen LogP contribution in [0.2, 0.25) is 12.1 Å². The van der Waals surface area contributed by atoms with E-state index >= 15 is 0 Å². The van der Waals surface area contributed by atoms with Crippen LogP contribution in [0, 0.1) is 0 Å². The largest absolute Gasteiger partial charge is 0.394 e. The van der Waals surface area contributed by atoms with Gasteiger partial charge in [-0.25, -0.2) is 0 Å². The molecule has 1 aliphatic heterocycles. The summed E-state index contributed by atoms with van der Waals surface area (Å²) in [6, 6.07) is 1.98. The molecule has 4 nitrogen and oxygen atoms in total. The molecule has 0 aromatic heterocycles. The maximum atomic E-state index is 11.5. The van der Waals surface area contributed by atoms with Gasteiger partial charge in [-0.05, 0) is 38.8 Å². The van der Waals surface area contributed by atoms with E-state index in [9.17, 15) is 4.79 Å². The number of amides is 1. The van der Waals surface area contributed by atoms with E-state index < -0.39 is 8.56 Å². The third kappa shape index (κ3) is 4.37. The first-order chi connectivity index (χ1) is 8.67. The van der Waals surface area contributed by atoms with Crippen molar-refractivity contribution < 1.29 is 13.6 Å². The summed E-state index contributed by atoms with van der Waals surface area (Å²) in [6.07, 6.45) is 2.76. The summed E-state index contributed by atoms with van der Waals surface area (Å²) < 4.78 is 11.8. The first-order valence-corrected chi connectivity index (χ1v) is 9.46. The summed E-state index contributed by atoms with van der Waals surface area (Å²) in [5, 5.41) is 0. The standard InChI is InChI=1S/C13H27NO3Si/c1-4-16-18(6-3,17-5-2)12-8-11-14-10-7-9-13(14)15/h4-12H2,1-3H3. The van der Waals surface area contributed by atoms with Crippen molar-refractivity contribution >= 4 is 14.5 Å². The van der Waals surface area contributed by atoms with Crippen molar-refractivity contribution in [2.24, 2.45) is 0 Å². The second-order valence-electron chi connectivity index (χ2n) is 4.72. The van der Waals surface area contributed by atoms with Crippen molar-refractivity contribution in [2.45, 2.75) is 52.1 Å². The minimum atomic E-state index is -2.00. The molecule has 5 heteroatoms. The maximum Gasteiger partial charge on any atom is 0.337 e. The molecular weight excluding hydrogens is 246 g/mol. The molecule has 1 rings (SSSR count). The molecule has 0 atom stereocenters. The Hall–Kier alpha value is -0.393. The summed E-state index contributed by atoms with van der Waals surface area (Å²) in [7, 11) is -2.00. The van der Waals surface area contributed by atoms with Crippen LogP contribution in [0.25, 0.3) is 0 Å². The predicted molar refractivity (Wildman–Crippen MR) is 74.7 cm³/mol. The summed E-state index contributed by atoms with van der Waals surface area (Å²) in [5.41, 5.74) is 0. The zero-order chi connectivity index (χ0) is 13.4. The monoisotopic (exact) mass is 273 g/mol. The molecular formula is C13H27NO3Si. The van der Waals surface area contributed by atoms with Crippen LogP contribution in [0.3, 0.4) is 0 Å². The van der Waals surface area contributed by atoms with Crippen LogP contribution in [0.15, 0.2) is 0 Å². The number of carbonyl (C=O) groups is 1. The smallest absolute Gasteiger partial charge is 0.337 e. The van der Waals surface area contributed by atoms with Crippen LogP contribution in [-0.2, 0) is 13.6 Å². The molecule has 0 radical (unpaired) electrons. The van der Waals surface area contributed by atoms with Crippen LogP contribution in [0.1, 0.15) is 40.0 Å². The minimum absolute atomic E-state index is 0.312. The van der Waals surface area contributed by atoms with E-state index in [-0.39, 0.29) is 0 Å². The fourth-order valence-corrected chi connectivity index (χ4v) is 5.46. The van der Waals surface area contributed by atoms with Gasteiger partial charge in [-0.2, -0.15) is 0 Å². The van der Waals surface area contributed by atoms with E-state index in [1.165, 1.54) is 0 Å². The highest BCUT2D eigenvalue weighted by molar-refractivity contribution is 6.67. The fourth-order valence-electron chi connectivity index (χ4n) is 2.57. The zero-order valence-electron chi connectivity index (χ0n) is 12.0. The highest BCUT2D eigenvalue weighted by Gasteiger charge is 2.34. The minimum Gasteiger partial charge on any atom is -0.394 e. The third-order valence-electron chi connectivity index (χ3n) is 3.51. The molecule has 0 unspecified atom stereocenters. The van der Waals surface area contributed by atoms with Crippen molar-refractivity contribution in [3.8, 4) is 0 Å². The van der Waals surface area contributed by atoms with Crippen LogP contribution in [0.4, 0.5) is 0 Å². The van der Waals surface area contributed by atoms with E-state index in [4.69, 9.17) is 8.85 Å². The first-order valence-electron chi connectivity index (χ1n) is 7.23. The van der Waals surface area contributed by atoms with Gasteiger partial charge in [0.2, 0.25) is 5.91 Å². The molecule has 1 aliphatic rings. The molecule has 1 fully saturated rings. The second kappa shape index (κ2) is 7.91. The molecule has 0 N–H and O–H groups in total. The number of carbonyl (C=O) groups excluding carboxylic acids is 1. The van der Waals surface area contributed by atoms with Crippen molar-refractivity contribution in [3.63, 3.8) is 0 Å². The summed E-state index contributed by atoms with van der Waals surface area (Å²) in [5.74, 6) is 0.312. The summed E-state index contributed by atoms with van der Waals surface area (Å²) >= 11 is 0. The lowest BCUT2D eigenvalue weighted by Gasteiger charge is -2.29. The van der Waals surface area contributed by atoms with Gasteiger partial charge in [-0.15, -0.1) is 0 Å². The highest BCUT2D eigenvalue weighted by Crippen LogP contribution is 2.22. The Bertz CT molecular complexity index is 255. The second-order valence-corrected chi connectivity index (χ2v) is 8.32. The van der Waals surface area contributed by atoms with Crippen molar-refractivity contribution in [1.29, 1.82) is 0 Å². The molecule has 0 aromatic rings. The van der Waals surface area contributed by atoms with Gasteiger partial charge < -0.3 is 13.8 Å². The van der Waals surface area contributed by atoms with Gasteiger partial charge in [0.05, 0.1) is 0 Å². The van der Waals surface area contributed by atoms with E-state index in [0.29, 0.717) is 5.91 Å². The van der Waals surface area contributed by atoms with E-state index in [1.807, 2.05) is 18.7 Å². The zero-order valence-corrected chi connectivity index (χ0v) is 13.0. The average molecular weight is 273 g/mol. The number of hydrogen-bond acceptors (Lipinski definition) is 3. The van der Waals surface area contributed by atoms with Crippen molar-refractivity contribution in [1.82, 2.24) is 4.90 Å². The molecule has 0 aliphatic carbocycles. The molecule has 18 heavy (non-hydrogen) atoms. The van der Waals surface area contributed by atoms with Gasteiger partial charge in [-0.1, -0.05) is 6.92 Å². The first kappa shape index (κ1) is 15.7. The summed E-state index contributed by atoms with van der Waals surface area (Å²) in [4.78, 5) is 13.5. The van der Waals surface area contributed by atoms with Crippen molar-refractivity contribution in [3.05, 3.63) is 0 Å². The van der Waals surface area contributed by atoms with Crippen LogP contribution >= 0.6 is 0 Å². The van der Waals surface area contributed by atoms with Gasteiger partial charge >= 0.3 is 8.56 Å². The SMILES string of the molecule is CCO[Si](CC)(CCCN1CCCC1=O)OCC. The van der Waals surface area contributed by atoms with Gasteiger partial charge in [-0.3, -0.25) is 4.79 Å². The highest BCUT2D eigenvalue weighted by atomic mass is 28.4. The topological polar surface area (TPSA) is 38.8 Å². The lowest BCUT2D eigenvalue weighted by molar-refractivity contribution is -0.127. The molecule has 0 bridgehead atoms. The third-order valence-corrected chi connectivity index (χ3v) is 7.33. The number of nitrogens with zero attached hydrogens (tertiary/aromatic N) is 1. The van der Waals surface area contributed by atoms with Gasteiger partial charge in [0.25, 0.3) is 0 Å². The molecule has 106 valence electrons. The fraction of sp³-hybridized carbons (Fsp3) is 0.923. The Kier molecular flexibility index (Phi) is 6.89. The quantitative estimate of drug-likeness (QED) is 0.606. The Morgan fingerprint density at radius 2 is 1.89 bits per heavy atom. The van der Waals surface area contributed by atoms with Gasteiger partial charge in [0.1, 0.15) is 0 Å². The molecule has 0 aromatic carbocycles. The van der Waals surface area contributed by atoms with Crippen molar-refractivity contribution in [2.75, 3.05) is 26.3 Å². The average Bonchev–Trinajstić information content (AvgIpc) is 2.75. The number of likely N-dealkylation sites (tertiary alicyclic amines) is 1. The Labute approximate surface area is 112 Å². The predicted octanol–water partition coefficient (Wildman–Crippen LogP) is 2.53. The molecule has 1 saturated heterocycles. The Balaban J connectivity index is 2.38. The van der Waals surface area contributed by atoms with Crippen LogP contribution < -0.4 is 0 Å². The Morgan fingerprint density at radius 1 is 1.22 bits per heavy atom. The van der Waals surface area contributed by atoms with Gasteiger partial charge in [0.15, 0.2) is 0 Å². The molecule has 0 spiro atoms. The van der Waals surface area contributed by atoms with Gasteiger partial charge in [0, 0.05) is 32.7 Å². The molecule has 1 amide bonds. The number of hydrogen-bond donors (Lipinski definition) is 0. The lowest BCUT2D eigenvalue weighted by Crippen LogP contribution is -2.42. The Morgan fingerprint density at radius 3 is 2.33 bits per heavy atom. The molecule has 1 heterocycles. The summed E-state index contributed by atoms with van der Waals surface area (Å²) in [6.45, 7) is 9.46. The van der Waals surface area contributed by atoms with E-state index in [1.54, 1.807) is 0 Å². The van der Waals surface area contributed by atoms with E-state index in [0.717, 1.165) is 57.7 Å². The lowest BCUT2D eigenvalue weighted by atomic mass is 10.4. The normalized spacial score (nSPS) is 16.6. The van der Waals surface area contributed by atoms with Crippen LogP contribution in [-0.4, -0.2) is 45.7 Å².